The molecule has 2 heterocycles. The molecule has 0 saturated carbocycles. The number of carbonyl (C=O) groups excluding carboxylic acids is 1. The highest BCUT2D eigenvalue weighted by atomic mass is 32.1. The Labute approximate surface area is 171 Å². The second-order valence-corrected chi connectivity index (χ2v) is 7.27. The van der Waals surface area contributed by atoms with Crippen molar-refractivity contribution >= 4 is 22.4 Å². The number of rotatable bonds is 6. The van der Waals surface area contributed by atoms with Gasteiger partial charge in [0, 0.05) is 17.4 Å². The molecule has 0 radical (unpaired) electrons. The van der Waals surface area contributed by atoms with Gasteiger partial charge in [-0.15, -0.1) is 11.3 Å². The number of hydrogen-bond donors (Lipinski definition) is 1. The summed E-state index contributed by atoms with van der Waals surface area (Å²) in [6, 6.07) is 10.3. The standard InChI is InChI=1S/C21H19FN2O4S/c1-26-17-5-2-13(10-15(17)22)3-7-20(25)24-21-23-16(12-29-21)14-4-6-18-19(11-14)28-9-8-27-18/h2,4-6,10-12H,3,7-9H2,1H3,(H,23,24,25). The molecule has 29 heavy (non-hydrogen) atoms. The summed E-state index contributed by atoms with van der Waals surface area (Å²) in [6.07, 6.45) is 0.651. The average Bonchev–Trinajstić information content (AvgIpc) is 3.20. The first-order chi connectivity index (χ1) is 14.1. The molecule has 3 aromatic rings. The van der Waals surface area contributed by atoms with Crippen LogP contribution < -0.4 is 19.5 Å². The second kappa shape index (κ2) is 8.48. The van der Waals surface area contributed by atoms with E-state index in [1.807, 2.05) is 23.6 Å². The number of ether oxygens (including phenoxy) is 3. The lowest BCUT2D eigenvalue weighted by molar-refractivity contribution is -0.116. The fourth-order valence-electron chi connectivity index (χ4n) is 2.97. The van der Waals surface area contributed by atoms with Gasteiger partial charge in [-0.3, -0.25) is 4.79 Å². The zero-order chi connectivity index (χ0) is 20.2. The maximum absolute atomic E-state index is 13.7. The van der Waals surface area contributed by atoms with Gasteiger partial charge in [-0.1, -0.05) is 6.07 Å². The van der Waals surface area contributed by atoms with Crippen molar-refractivity contribution in [3.8, 4) is 28.5 Å². The third-order valence-electron chi connectivity index (χ3n) is 4.45. The minimum absolute atomic E-state index is 0.177. The molecule has 1 aromatic heterocycles. The molecule has 8 heteroatoms. The first kappa shape index (κ1) is 19.2. The number of nitrogens with one attached hydrogen (secondary N) is 1. The number of nitrogens with zero attached hydrogens (tertiary/aromatic N) is 1. The number of carbonyl (C=O) groups is 1. The molecule has 2 aromatic carbocycles. The van der Waals surface area contributed by atoms with Crippen molar-refractivity contribution in [1.29, 1.82) is 0 Å². The highest BCUT2D eigenvalue weighted by Gasteiger charge is 2.14. The zero-order valence-corrected chi connectivity index (χ0v) is 16.6. The molecular weight excluding hydrogens is 395 g/mol. The van der Waals surface area contributed by atoms with Gasteiger partial charge in [-0.2, -0.15) is 0 Å². The second-order valence-electron chi connectivity index (χ2n) is 6.41. The molecule has 6 nitrogen and oxygen atoms in total. The molecule has 1 N–H and O–H groups in total. The van der Waals surface area contributed by atoms with E-state index in [9.17, 15) is 9.18 Å². The van der Waals surface area contributed by atoms with Gasteiger partial charge in [0.25, 0.3) is 0 Å². The summed E-state index contributed by atoms with van der Waals surface area (Å²) in [4.78, 5) is 16.7. The van der Waals surface area contributed by atoms with Gasteiger partial charge in [0.1, 0.15) is 13.2 Å². The van der Waals surface area contributed by atoms with E-state index in [1.165, 1.54) is 24.5 Å². The Kier molecular flexibility index (Phi) is 5.62. The summed E-state index contributed by atoms with van der Waals surface area (Å²) in [7, 11) is 1.42. The van der Waals surface area contributed by atoms with E-state index in [1.54, 1.807) is 12.1 Å². The van der Waals surface area contributed by atoms with Crippen LogP contribution in [0, 0.1) is 5.82 Å². The van der Waals surface area contributed by atoms with Gasteiger partial charge >= 0.3 is 0 Å². The lowest BCUT2D eigenvalue weighted by Crippen LogP contribution is -2.15. The molecule has 1 aliphatic rings. The fourth-order valence-corrected chi connectivity index (χ4v) is 3.71. The number of hydrogen-bond acceptors (Lipinski definition) is 6. The fraction of sp³-hybridized carbons (Fsp3) is 0.238. The quantitative estimate of drug-likeness (QED) is 0.651. The summed E-state index contributed by atoms with van der Waals surface area (Å²) < 4.78 is 29.8. The molecular formula is C21H19FN2O4S. The van der Waals surface area contributed by atoms with Crippen LogP contribution in [-0.4, -0.2) is 31.2 Å². The Morgan fingerprint density at radius 3 is 2.83 bits per heavy atom. The highest BCUT2D eigenvalue weighted by Crippen LogP contribution is 2.35. The molecule has 150 valence electrons. The topological polar surface area (TPSA) is 69.7 Å². The van der Waals surface area contributed by atoms with Crippen LogP contribution in [-0.2, 0) is 11.2 Å². The van der Waals surface area contributed by atoms with E-state index in [0.29, 0.717) is 30.5 Å². The van der Waals surface area contributed by atoms with Crippen molar-refractivity contribution in [2.75, 3.05) is 25.6 Å². The van der Waals surface area contributed by atoms with Crippen LogP contribution in [0.15, 0.2) is 41.8 Å². The molecule has 0 unspecified atom stereocenters. The number of thiazole rings is 1. The number of methoxy groups -OCH3 is 1. The molecule has 0 bridgehead atoms. The Morgan fingerprint density at radius 1 is 1.21 bits per heavy atom. The van der Waals surface area contributed by atoms with Gasteiger partial charge in [-0.05, 0) is 42.3 Å². The van der Waals surface area contributed by atoms with Crippen molar-refractivity contribution in [3.63, 3.8) is 0 Å². The van der Waals surface area contributed by atoms with Crippen molar-refractivity contribution in [2.45, 2.75) is 12.8 Å². The maximum Gasteiger partial charge on any atom is 0.226 e. The van der Waals surface area contributed by atoms with Crippen LogP contribution in [0.25, 0.3) is 11.3 Å². The largest absolute Gasteiger partial charge is 0.494 e. The van der Waals surface area contributed by atoms with Crippen molar-refractivity contribution < 1.29 is 23.4 Å². The molecule has 1 aliphatic heterocycles. The number of fused-ring (bicyclic) bond motifs is 1. The normalized spacial score (nSPS) is 12.5. The molecule has 0 aliphatic carbocycles. The number of amides is 1. The van der Waals surface area contributed by atoms with Crippen LogP contribution in [0.3, 0.4) is 0 Å². The Balaban J connectivity index is 1.36. The van der Waals surface area contributed by atoms with E-state index < -0.39 is 5.82 Å². The van der Waals surface area contributed by atoms with E-state index in [-0.39, 0.29) is 18.1 Å². The molecule has 0 saturated heterocycles. The van der Waals surface area contributed by atoms with Gasteiger partial charge in [0.2, 0.25) is 5.91 Å². The molecule has 0 atom stereocenters. The molecule has 0 spiro atoms. The van der Waals surface area contributed by atoms with Crippen molar-refractivity contribution in [2.24, 2.45) is 0 Å². The zero-order valence-electron chi connectivity index (χ0n) is 15.7. The van der Waals surface area contributed by atoms with Crippen LogP contribution in [0.5, 0.6) is 17.2 Å². The van der Waals surface area contributed by atoms with Crippen LogP contribution in [0.1, 0.15) is 12.0 Å². The number of halogens is 1. The predicted octanol–water partition coefficient (Wildman–Crippen LogP) is 4.30. The van der Waals surface area contributed by atoms with Gasteiger partial charge in [-0.25, -0.2) is 9.37 Å². The minimum Gasteiger partial charge on any atom is -0.494 e. The van der Waals surface area contributed by atoms with E-state index in [4.69, 9.17) is 14.2 Å². The van der Waals surface area contributed by atoms with Gasteiger partial charge < -0.3 is 19.5 Å². The smallest absolute Gasteiger partial charge is 0.226 e. The first-order valence-corrected chi connectivity index (χ1v) is 9.98. The molecule has 0 fully saturated rings. The van der Waals surface area contributed by atoms with E-state index in [2.05, 4.69) is 10.3 Å². The van der Waals surface area contributed by atoms with Crippen molar-refractivity contribution in [1.82, 2.24) is 4.98 Å². The summed E-state index contributed by atoms with van der Waals surface area (Å²) in [5, 5.41) is 5.19. The summed E-state index contributed by atoms with van der Waals surface area (Å²) >= 11 is 1.35. The predicted molar refractivity (Wildman–Crippen MR) is 108 cm³/mol. The third-order valence-corrected chi connectivity index (χ3v) is 5.20. The van der Waals surface area contributed by atoms with Crippen molar-refractivity contribution in [3.05, 3.63) is 53.2 Å². The Bertz CT molecular complexity index is 1040. The monoisotopic (exact) mass is 414 g/mol. The number of anilines is 1. The Hall–Kier alpha value is -3.13. The summed E-state index contributed by atoms with van der Waals surface area (Å²) in [5.41, 5.74) is 2.37. The number of benzene rings is 2. The average molecular weight is 414 g/mol. The molecule has 1 amide bonds. The lowest BCUT2D eigenvalue weighted by atomic mass is 10.1. The van der Waals surface area contributed by atoms with Crippen LogP contribution >= 0.6 is 11.3 Å². The first-order valence-electron chi connectivity index (χ1n) is 9.10. The summed E-state index contributed by atoms with van der Waals surface area (Å²) in [6.45, 7) is 1.06. The highest BCUT2D eigenvalue weighted by molar-refractivity contribution is 7.14. The minimum atomic E-state index is -0.436. The third kappa shape index (κ3) is 4.48. The van der Waals surface area contributed by atoms with Crippen LogP contribution in [0.4, 0.5) is 9.52 Å². The lowest BCUT2D eigenvalue weighted by Gasteiger charge is -2.18. The number of aromatic nitrogens is 1. The van der Waals surface area contributed by atoms with Gasteiger partial charge in [0.05, 0.1) is 12.8 Å². The molecule has 4 rings (SSSR count). The van der Waals surface area contributed by atoms with E-state index in [0.717, 1.165) is 22.6 Å². The van der Waals surface area contributed by atoms with Crippen LogP contribution in [0.2, 0.25) is 0 Å². The van der Waals surface area contributed by atoms with Gasteiger partial charge in [0.15, 0.2) is 28.2 Å². The number of aryl methyl sites for hydroxylation is 1. The maximum atomic E-state index is 13.7. The Morgan fingerprint density at radius 2 is 2.03 bits per heavy atom. The van der Waals surface area contributed by atoms with E-state index >= 15 is 0 Å². The SMILES string of the molecule is COc1ccc(CCC(=O)Nc2nc(-c3ccc4c(c3)OCCO4)cs2)cc1F. The summed E-state index contributed by atoms with van der Waals surface area (Å²) in [5.74, 6) is 0.990.